The molecule has 0 bridgehead atoms. The Morgan fingerprint density at radius 3 is 2.96 bits per heavy atom. The number of amides is 1. The average molecular weight is 335 g/mol. The van der Waals surface area contributed by atoms with Gasteiger partial charge in [-0.2, -0.15) is 0 Å². The van der Waals surface area contributed by atoms with Crippen LogP contribution in [0.15, 0.2) is 16.5 Å². The molecule has 0 aliphatic carbocycles. The second-order valence-corrected chi connectivity index (χ2v) is 7.10. The van der Waals surface area contributed by atoms with Gasteiger partial charge in [0, 0.05) is 29.6 Å². The lowest BCUT2D eigenvalue weighted by Gasteiger charge is -2.31. The number of aromatic nitrogens is 2. The van der Waals surface area contributed by atoms with Crippen LogP contribution in [-0.2, 0) is 16.0 Å². The Hall–Kier alpha value is -1.73. The van der Waals surface area contributed by atoms with E-state index in [2.05, 4.69) is 29.3 Å². The molecule has 1 aliphatic heterocycles. The lowest BCUT2D eigenvalue weighted by molar-refractivity contribution is -0.140. The van der Waals surface area contributed by atoms with E-state index in [9.17, 15) is 4.79 Å². The van der Waals surface area contributed by atoms with E-state index >= 15 is 0 Å². The van der Waals surface area contributed by atoms with Crippen molar-refractivity contribution in [3.8, 4) is 0 Å². The molecule has 1 saturated heterocycles. The molecule has 0 saturated carbocycles. The standard InChI is InChI=1S/C16H21N3O3S/c1-11-6-7-13(23-11)4-3-5-15(20)19-8-9-21-14(10-19)16-18-17-12(2)22-16/h6-7,14H,3-5,8-10H2,1-2H3/t14-/m1/s1. The second kappa shape index (κ2) is 7.23. The molecule has 1 amide bonds. The van der Waals surface area contributed by atoms with E-state index in [4.69, 9.17) is 9.15 Å². The molecule has 7 heteroatoms. The first kappa shape index (κ1) is 16.1. The van der Waals surface area contributed by atoms with Crippen LogP contribution in [0, 0.1) is 13.8 Å². The lowest BCUT2D eigenvalue weighted by Crippen LogP contribution is -2.42. The van der Waals surface area contributed by atoms with Crippen LogP contribution in [0.3, 0.4) is 0 Å². The Morgan fingerprint density at radius 1 is 1.39 bits per heavy atom. The van der Waals surface area contributed by atoms with E-state index in [1.807, 2.05) is 4.90 Å². The first-order valence-electron chi connectivity index (χ1n) is 7.86. The summed E-state index contributed by atoms with van der Waals surface area (Å²) in [7, 11) is 0. The number of morpholine rings is 1. The van der Waals surface area contributed by atoms with Crippen molar-refractivity contribution in [3.05, 3.63) is 33.7 Å². The van der Waals surface area contributed by atoms with E-state index < -0.39 is 0 Å². The van der Waals surface area contributed by atoms with Gasteiger partial charge in [-0.05, 0) is 31.9 Å². The van der Waals surface area contributed by atoms with Crippen LogP contribution in [0.5, 0.6) is 0 Å². The summed E-state index contributed by atoms with van der Waals surface area (Å²) >= 11 is 1.80. The molecule has 0 spiro atoms. The maximum atomic E-state index is 12.4. The molecule has 3 rings (SSSR count). The van der Waals surface area contributed by atoms with E-state index in [1.54, 1.807) is 18.3 Å². The summed E-state index contributed by atoms with van der Waals surface area (Å²) in [6.07, 6.45) is 2.09. The molecule has 1 aliphatic rings. The van der Waals surface area contributed by atoms with Gasteiger partial charge < -0.3 is 14.1 Å². The summed E-state index contributed by atoms with van der Waals surface area (Å²) in [6, 6.07) is 4.27. The normalized spacial score (nSPS) is 18.3. The van der Waals surface area contributed by atoms with Crippen molar-refractivity contribution in [2.24, 2.45) is 0 Å². The van der Waals surface area contributed by atoms with Crippen molar-refractivity contribution in [3.63, 3.8) is 0 Å². The summed E-state index contributed by atoms with van der Waals surface area (Å²) in [5.74, 6) is 1.13. The van der Waals surface area contributed by atoms with Gasteiger partial charge in [0.25, 0.3) is 0 Å². The number of ether oxygens (including phenoxy) is 1. The minimum absolute atomic E-state index is 0.169. The van der Waals surface area contributed by atoms with Crippen LogP contribution in [0.1, 0.15) is 40.5 Å². The van der Waals surface area contributed by atoms with Gasteiger partial charge in [-0.3, -0.25) is 4.79 Å². The average Bonchev–Trinajstić information content (AvgIpc) is 3.16. The zero-order valence-electron chi connectivity index (χ0n) is 13.4. The van der Waals surface area contributed by atoms with E-state index in [0.717, 1.165) is 12.8 Å². The molecule has 0 aromatic carbocycles. The molecule has 1 fully saturated rings. The third-order valence-corrected chi connectivity index (χ3v) is 4.91. The smallest absolute Gasteiger partial charge is 0.246 e. The van der Waals surface area contributed by atoms with Gasteiger partial charge in [0.15, 0.2) is 6.10 Å². The maximum absolute atomic E-state index is 12.4. The molecular weight excluding hydrogens is 314 g/mol. The Kier molecular flexibility index (Phi) is 5.07. The number of carbonyl (C=O) groups is 1. The summed E-state index contributed by atoms with van der Waals surface area (Å²) < 4.78 is 11.1. The molecule has 1 atom stereocenters. The first-order chi connectivity index (χ1) is 11.1. The van der Waals surface area contributed by atoms with Crippen LogP contribution in [0.4, 0.5) is 0 Å². The maximum Gasteiger partial charge on any atom is 0.246 e. The molecule has 0 radical (unpaired) electrons. The van der Waals surface area contributed by atoms with E-state index in [1.165, 1.54) is 9.75 Å². The highest BCUT2D eigenvalue weighted by molar-refractivity contribution is 7.11. The van der Waals surface area contributed by atoms with Crippen LogP contribution >= 0.6 is 11.3 Å². The van der Waals surface area contributed by atoms with Crippen molar-refractivity contribution in [2.75, 3.05) is 19.7 Å². The Labute approximate surface area is 139 Å². The lowest BCUT2D eigenvalue weighted by atomic mass is 10.2. The zero-order chi connectivity index (χ0) is 16.2. The third kappa shape index (κ3) is 4.17. The Balaban J connectivity index is 1.48. The summed E-state index contributed by atoms with van der Waals surface area (Å²) in [5, 5.41) is 7.81. The van der Waals surface area contributed by atoms with Gasteiger partial charge in [0.2, 0.25) is 17.7 Å². The highest BCUT2D eigenvalue weighted by Gasteiger charge is 2.28. The number of hydrogen-bond donors (Lipinski definition) is 0. The van der Waals surface area contributed by atoms with Crippen molar-refractivity contribution in [1.29, 1.82) is 0 Å². The van der Waals surface area contributed by atoms with Crippen molar-refractivity contribution in [2.45, 2.75) is 39.2 Å². The van der Waals surface area contributed by atoms with Crippen LogP contribution in [-0.4, -0.2) is 40.7 Å². The number of hydrogen-bond acceptors (Lipinski definition) is 6. The van der Waals surface area contributed by atoms with E-state index in [-0.39, 0.29) is 12.0 Å². The minimum Gasteiger partial charge on any atom is -0.423 e. The Morgan fingerprint density at radius 2 is 2.26 bits per heavy atom. The van der Waals surface area contributed by atoms with Gasteiger partial charge in [-0.25, -0.2) is 0 Å². The van der Waals surface area contributed by atoms with E-state index in [0.29, 0.717) is 37.9 Å². The second-order valence-electron chi connectivity index (χ2n) is 5.72. The van der Waals surface area contributed by atoms with Crippen LogP contribution < -0.4 is 0 Å². The predicted molar refractivity (Wildman–Crippen MR) is 86.3 cm³/mol. The molecule has 2 aromatic heterocycles. The molecular formula is C16H21N3O3S. The molecule has 6 nitrogen and oxygen atoms in total. The number of thiophene rings is 1. The molecule has 0 unspecified atom stereocenters. The summed E-state index contributed by atoms with van der Waals surface area (Å²) in [5.41, 5.74) is 0. The predicted octanol–water partition coefficient (Wildman–Crippen LogP) is 2.67. The monoisotopic (exact) mass is 335 g/mol. The van der Waals surface area contributed by atoms with Gasteiger partial charge in [0.1, 0.15) is 0 Å². The highest BCUT2D eigenvalue weighted by Crippen LogP contribution is 2.22. The first-order valence-corrected chi connectivity index (χ1v) is 8.68. The SMILES string of the molecule is Cc1nnc([C@H]2CN(C(=O)CCCc3ccc(C)s3)CCO2)o1. The molecule has 23 heavy (non-hydrogen) atoms. The third-order valence-electron chi connectivity index (χ3n) is 3.85. The number of carbonyl (C=O) groups excluding carboxylic acids is 1. The molecule has 3 heterocycles. The van der Waals surface area contributed by atoms with Crippen LogP contribution in [0.25, 0.3) is 0 Å². The molecule has 0 N–H and O–H groups in total. The molecule has 2 aromatic rings. The van der Waals surface area contributed by atoms with Gasteiger partial charge >= 0.3 is 0 Å². The van der Waals surface area contributed by atoms with Gasteiger partial charge in [-0.15, -0.1) is 21.5 Å². The fourth-order valence-electron chi connectivity index (χ4n) is 2.66. The quantitative estimate of drug-likeness (QED) is 0.840. The van der Waals surface area contributed by atoms with Gasteiger partial charge in [-0.1, -0.05) is 0 Å². The van der Waals surface area contributed by atoms with Crippen LogP contribution in [0.2, 0.25) is 0 Å². The van der Waals surface area contributed by atoms with Crippen molar-refractivity contribution < 1.29 is 13.9 Å². The largest absolute Gasteiger partial charge is 0.423 e. The highest BCUT2D eigenvalue weighted by atomic mass is 32.1. The topological polar surface area (TPSA) is 68.5 Å². The number of aryl methyl sites for hydroxylation is 3. The Bertz CT molecular complexity index is 667. The fourth-order valence-corrected chi connectivity index (χ4v) is 3.59. The molecule has 124 valence electrons. The summed E-state index contributed by atoms with van der Waals surface area (Å²) in [6.45, 7) is 5.46. The minimum atomic E-state index is -0.311. The number of rotatable bonds is 5. The number of nitrogens with zero attached hydrogens (tertiary/aromatic N) is 3. The van der Waals surface area contributed by atoms with Crippen molar-refractivity contribution in [1.82, 2.24) is 15.1 Å². The zero-order valence-corrected chi connectivity index (χ0v) is 14.3. The van der Waals surface area contributed by atoms with Crippen molar-refractivity contribution >= 4 is 17.2 Å². The summed E-state index contributed by atoms with van der Waals surface area (Å²) in [4.78, 5) is 16.9. The fraction of sp³-hybridized carbons (Fsp3) is 0.562. The van der Waals surface area contributed by atoms with Gasteiger partial charge in [0.05, 0.1) is 13.2 Å².